The van der Waals surface area contributed by atoms with Crippen LogP contribution in [0.2, 0.25) is 0 Å². The molecule has 1 fully saturated rings. The fourth-order valence-corrected chi connectivity index (χ4v) is 2.68. The Morgan fingerprint density at radius 3 is 2.42 bits per heavy atom. The van der Waals surface area contributed by atoms with E-state index in [0.29, 0.717) is 0 Å². The van der Waals surface area contributed by atoms with E-state index in [1.54, 1.807) is 20.8 Å². The highest BCUT2D eigenvalue weighted by atomic mass is 16.8. The number of hydrogen-bond acceptors (Lipinski definition) is 12. The van der Waals surface area contributed by atoms with Crippen LogP contribution in [0.4, 0.5) is 4.79 Å². The fraction of sp³-hybridized carbons (Fsp3) is 0.824. The maximum Gasteiger partial charge on any atom is 0.408 e. The van der Waals surface area contributed by atoms with Gasteiger partial charge in [-0.3, -0.25) is 0 Å². The van der Waals surface area contributed by atoms with Gasteiger partial charge in [0.1, 0.15) is 42.7 Å². The van der Waals surface area contributed by atoms with Crippen LogP contribution in [0.25, 0.3) is 0 Å². The molecule has 1 aliphatic rings. The average molecular weight is 483 g/mol. The second-order valence-electron chi connectivity index (χ2n) is 8.21. The highest BCUT2D eigenvalue weighted by Gasteiger charge is 2.43. The number of quaternary nitrogens is 1. The SMILES string of the molecule is CC(C)(C)OC(=O)N[C@H](CCCN=C(N)N[NH+]([O-])O)C(=O)OC[C@H]1O[C@H](O)[C@@H](O)[C@H](O)[C@H]1O. The monoisotopic (exact) mass is 483 g/mol. The van der Waals surface area contributed by atoms with Gasteiger partial charge in [0.25, 0.3) is 0 Å². The Morgan fingerprint density at radius 2 is 1.85 bits per heavy atom. The lowest BCUT2D eigenvalue weighted by molar-refractivity contribution is -1.08. The molecule has 1 saturated heterocycles. The number of rotatable bonds is 9. The number of ether oxygens (including phenoxy) is 3. The number of guanidine groups is 1. The number of carbonyl (C=O) groups excluding carboxylic acids is 2. The molecule has 16 heteroatoms. The summed E-state index contributed by atoms with van der Waals surface area (Å²) in [6.07, 6.45) is -8.96. The predicted molar refractivity (Wildman–Crippen MR) is 108 cm³/mol. The normalized spacial score (nSPS) is 27.9. The van der Waals surface area contributed by atoms with Gasteiger partial charge in [-0.05, 0) is 33.6 Å². The maximum absolute atomic E-state index is 12.5. The minimum Gasteiger partial charge on any atom is -0.574 e. The zero-order valence-electron chi connectivity index (χ0n) is 18.5. The summed E-state index contributed by atoms with van der Waals surface area (Å²) < 4.78 is 15.1. The van der Waals surface area contributed by atoms with Crippen LogP contribution in [0.1, 0.15) is 33.6 Å². The largest absolute Gasteiger partial charge is 0.574 e. The predicted octanol–water partition coefficient (Wildman–Crippen LogP) is -4.41. The van der Waals surface area contributed by atoms with Gasteiger partial charge < -0.3 is 50.9 Å². The van der Waals surface area contributed by atoms with E-state index in [-0.39, 0.29) is 25.3 Å². The first-order chi connectivity index (χ1) is 15.2. The first-order valence-corrected chi connectivity index (χ1v) is 10.0. The third kappa shape index (κ3) is 10.4. The second-order valence-corrected chi connectivity index (χ2v) is 8.21. The molecule has 0 spiro atoms. The van der Waals surface area contributed by atoms with Gasteiger partial charge in [-0.25, -0.2) is 14.6 Å². The molecule has 16 nitrogen and oxygen atoms in total. The molecule has 0 aromatic rings. The van der Waals surface area contributed by atoms with Crippen LogP contribution < -0.4 is 21.8 Å². The van der Waals surface area contributed by atoms with Crippen LogP contribution in [-0.4, -0.2) is 99.2 Å². The first kappa shape index (κ1) is 28.7. The van der Waals surface area contributed by atoms with Gasteiger partial charge in [-0.1, -0.05) is 0 Å². The Hall–Kier alpha value is -2.31. The average Bonchev–Trinajstić information content (AvgIpc) is 2.68. The van der Waals surface area contributed by atoms with Gasteiger partial charge in [0, 0.05) is 6.54 Å². The molecule has 0 aromatic heterocycles. The lowest BCUT2D eigenvalue weighted by Gasteiger charge is -2.38. The molecular formula is C17H33N5O11. The van der Waals surface area contributed by atoms with Crippen molar-refractivity contribution in [2.24, 2.45) is 10.7 Å². The highest BCUT2D eigenvalue weighted by Crippen LogP contribution is 2.20. The standard InChI is InChI=1S/C17H33N5O11/c1-17(2,3)33-16(28)20-8(5-4-6-19-15(18)21-22(29)30)13(26)31-7-9-10(23)11(24)12(25)14(27)32-9/h8-12,14,22-25,27,29H,4-7H2,1-3H3,(H,20,28)(H3,18,19,21)/t8-,9-,10+,11-,12+,14+/m1/s1. The van der Waals surface area contributed by atoms with Gasteiger partial charge in [0.15, 0.2) is 6.29 Å². The van der Waals surface area contributed by atoms with E-state index in [0.717, 1.165) is 0 Å². The third-order valence-electron chi connectivity index (χ3n) is 4.22. The maximum atomic E-state index is 12.5. The van der Waals surface area contributed by atoms with Gasteiger partial charge >= 0.3 is 12.1 Å². The van der Waals surface area contributed by atoms with Crippen molar-refractivity contribution in [2.75, 3.05) is 13.2 Å². The molecule has 0 aliphatic carbocycles. The Bertz CT molecular complexity index is 672. The van der Waals surface area contributed by atoms with E-state index in [1.165, 1.54) is 0 Å². The number of alkyl carbamates (subject to hydrolysis) is 1. The molecule has 0 bridgehead atoms. The van der Waals surface area contributed by atoms with Gasteiger partial charge in [-0.2, -0.15) is 10.6 Å². The van der Waals surface area contributed by atoms with Crippen LogP contribution in [0, 0.1) is 5.21 Å². The van der Waals surface area contributed by atoms with Crippen LogP contribution in [0.5, 0.6) is 0 Å². The summed E-state index contributed by atoms with van der Waals surface area (Å²) in [4.78, 5) is 28.4. The molecule has 1 unspecified atom stereocenters. The zero-order valence-corrected chi connectivity index (χ0v) is 18.5. The summed E-state index contributed by atoms with van der Waals surface area (Å²) in [5, 5.41) is 58.7. The van der Waals surface area contributed by atoms with Crippen LogP contribution in [0.3, 0.4) is 0 Å². The quantitative estimate of drug-likeness (QED) is 0.0494. The molecule has 1 heterocycles. The van der Waals surface area contributed by atoms with Crippen molar-refractivity contribution in [3.8, 4) is 0 Å². The number of nitrogens with one attached hydrogen (secondary N) is 3. The van der Waals surface area contributed by atoms with Gasteiger partial charge in [-0.15, -0.1) is 5.34 Å². The third-order valence-corrected chi connectivity index (χ3v) is 4.22. The molecule has 1 amide bonds. The van der Waals surface area contributed by atoms with Gasteiger partial charge in [0.2, 0.25) is 5.96 Å². The fourth-order valence-electron chi connectivity index (χ4n) is 2.68. The van der Waals surface area contributed by atoms with E-state index < -0.39 is 66.4 Å². The van der Waals surface area contributed by atoms with Crippen molar-refractivity contribution in [3.63, 3.8) is 0 Å². The summed E-state index contributed by atoms with van der Waals surface area (Å²) in [6, 6.07) is -1.22. The molecule has 0 saturated carbocycles. The van der Waals surface area contributed by atoms with E-state index >= 15 is 0 Å². The Balaban J connectivity index is 2.72. The molecule has 7 atom stereocenters. The molecule has 192 valence electrons. The summed E-state index contributed by atoms with van der Waals surface area (Å²) in [6.45, 7) is 4.30. The topological polar surface area (TPSA) is 253 Å². The summed E-state index contributed by atoms with van der Waals surface area (Å²) >= 11 is 0. The highest BCUT2D eigenvalue weighted by molar-refractivity contribution is 5.81. The minimum atomic E-state index is -1.80. The Labute approximate surface area is 189 Å². The second kappa shape index (κ2) is 12.8. The summed E-state index contributed by atoms with van der Waals surface area (Å²) in [5.41, 5.74) is 6.37. The molecule has 33 heavy (non-hydrogen) atoms. The molecule has 0 aromatic carbocycles. The Kier molecular flexibility index (Phi) is 11.1. The number of aliphatic hydroxyl groups excluding tert-OH is 4. The van der Waals surface area contributed by atoms with E-state index in [9.17, 15) is 35.2 Å². The van der Waals surface area contributed by atoms with E-state index in [4.69, 9.17) is 25.2 Å². The number of aliphatic imine (C=N–C) groups is 1. The number of carbonyl (C=O) groups is 2. The van der Waals surface area contributed by atoms with Crippen molar-refractivity contribution >= 4 is 18.0 Å². The lowest BCUT2D eigenvalue weighted by atomic mass is 9.99. The van der Waals surface area contributed by atoms with Crippen molar-refractivity contribution in [3.05, 3.63) is 5.21 Å². The summed E-state index contributed by atoms with van der Waals surface area (Å²) in [5.74, 6) is -1.28. The smallest absolute Gasteiger partial charge is 0.408 e. The number of nitrogens with zero attached hydrogens (tertiary/aromatic N) is 1. The molecular weight excluding hydrogens is 450 g/mol. The number of amides is 1. The van der Waals surface area contributed by atoms with Crippen molar-refractivity contribution < 1.29 is 54.8 Å². The van der Waals surface area contributed by atoms with Crippen LogP contribution in [0.15, 0.2) is 4.99 Å². The number of hydrogen-bond donors (Lipinski definition) is 9. The van der Waals surface area contributed by atoms with Crippen molar-refractivity contribution in [1.82, 2.24) is 10.7 Å². The van der Waals surface area contributed by atoms with Crippen LogP contribution in [-0.2, 0) is 19.0 Å². The summed E-state index contributed by atoms with van der Waals surface area (Å²) in [7, 11) is 0. The van der Waals surface area contributed by atoms with E-state index in [2.05, 4.69) is 10.3 Å². The number of nitrogens with two attached hydrogens (primary N) is 1. The Morgan fingerprint density at radius 1 is 1.21 bits per heavy atom. The van der Waals surface area contributed by atoms with Crippen molar-refractivity contribution in [1.29, 1.82) is 0 Å². The van der Waals surface area contributed by atoms with E-state index in [1.807, 2.05) is 5.43 Å². The molecule has 10 N–H and O–H groups in total. The molecule has 0 radical (unpaired) electrons. The van der Waals surface area contributed by atoms with Gasteiger partial charge in [0.05, 0.1) is 0 Å². The molecule has 1 aliphatic heterocycles. The first-order valence-electron chi connectivity index (χ1n) is 10.0. The number of esters is 1. The zero-order chi connectivity index (χ0) is 25.3. The van der Waals surface area contributed by atoms with Crippen LogP contribution >= 0.6 is 0 Å². The number of aliphatic hydroxyl groups is 4. The molecule has 1 rings (SSSR count). The van der Waals surface area contributed by atoms with Crippen molar-refractivity contribution in [2.45, 2.75) is 76.0 Å². The minimum absolute atomic E-state index is 0.0000307. The lowest BCUT2D eigenvalue weighted by Crippen LogP contribution is -3.13.